The molecule has 0 aromatic carbocycles. The summed E-state index contributed by atoms with van der Waals surface area (Å²) in [5.41, 5.74) is 1.13. The Morgan fingerprint density at radius 2 is 2.00 bits per heavy atom. The molecule has 2 saturated carbocycles. The van der Waals surface area contributed by atoms with Gasteiger partial charge < -0.3 is 5.11 Å². The lowest BCUT2D eigenvalue weighted by molar-refractivity contribution is 0.218. The van der Waals surface area contributed by atoms with Crippen LogP contribution in [0, 0.1) is 16.7 Å². The van der Waals surface area contributed by atoms with Crippen LogP contribution in [0.3, 0.4) is 0 Å². The lowest BCUT2D eigenvalue weighted by atomic mass is 9.87. The van der Waals surface area contributed by atoms with Crippen LogP contribution < -0.4 is 0 Å². The molecule has 0 radical (unpaired) electrons. The minimum absolute atomic E-state index is 0.409. The van der Waals surface area contributed by atoms with Crippen molar-refractivity contribution in [3.8, 4) is 0 Å². The van der Waals surface area contributed by atoms with Gasteiger partial charge in [0.05, 0.1) is 0 Å². The van der Waals surface area contributed by atoms with E-state index in [4.69, 9.17) is 5.11 Å². The van der Waals surface area contributed by atoms with Crippen molar-refractivity contribution < 1.29 is 5.11 Å². The first-order chi connectivity index (χ1) is 4.62. The van der Waals surface area contributed by atoms with Gasteiger partial charge in [-0.15, -0.1) is 0 Å². The molecule has 58 valence electrons. The first-order valence-corrected chi connectivity index (χ1v) is 4.23. The molecule has 10 heavy (non-hydrogen) atoms. The molecular weight excluding hydrogens is 124 g/mol. The topological polar surface area (TPSA) is 20.2 Å². The van der Waals surface area contributed by atoms with Crippen LogP contribution in [0.1, 0.15) is 33.1 Å². The van der Waals surface area contributed by atoms with Gasteiger partial charge in [-0.1, -0.05) is 13.8 Å². The predicted octanol–water partition coefficient (Wildman–Crippen LogP) is 1.80. The SMILES string of the molecule is CC1(C2(C)CC2CO)CC1. The van der Waals surface area contributed by atoms with Gasteiger partial charge in [0.25, 0.3) is 0 Å². The summed E-state index contributed by atoms with van der Waals surface area (Å²) in [4.78, 5) is 0. The quantitative estimate of drug-likeness (QED) is 0.620. The summed E-state index contributed by atoms with van der Waals surface area (Å²) in [5.74, 6) is 0.625. The third-order valence-corrected chi connectivity index (χ3v) is 4.01. The van der Waals surface area contributed by atoms with Crippen molar-refractivity contribution in [2.45, 2.75) is 33.1 Å². The van der Waals surface area contributed by atoms with Crippen LogP contribution in [0.15, 0.2) is 0 Å². The Morgan fingerprint density at radius 3 is 2.30 bits per heavy atom. The van der Waals surface area contributed by atoms with Gasteiger partial charge in [-0.05, 0) is 36.0 Å². The highest BCUT2D eigenvalue weighted by Crippen LogP contribution is 2.72. The molecule has 2 aliphatic carbocycles. The summed E-state index contributed by atoms with van der Waals surface area (Å²) in [6.07, 6.45) is 4.04. The van der Waals surface area contributed by atoms with E-state index in [0.717, 1.165) is 0 Å². The first-order valence-electron chi connectivity index (χ1n) is 4.23. The molecule has 2 fully saturated rings. The van der Waals surface area contributed by atoms with Gasteiger partial charge in [-0.2, -0.15) is 0 Å². The summed E-state index contributed by atoms with van der Waals surface area (Å²) in [7, 11) is 0. The zero-order valence-electron chi connectivity index (χ0n) is 6.85. The fraction of sp³-hybridized carbons (Fsp3) is 1.00. The van der Waals surface area contributed by atoms with Crippen LogP contribution >= 0.6 is 0 Å². The molecule has 0 aromatic heterocycles. The zero-order valence-corrected chi connectivity index (χ0v) is 6.85. The van der Waals surface area contributed by atoms with E-state index >= 15 is 0 Å². The molecular formula is C9H16O. The Balaban J connectivity index is 2.06. The van der Waals surface area contributed by atoms with Crippen molar-refractivity contribution >= 4 is 0 Å². The Labute approximate surface area is 62.4 Å². The van der Waals surface area contributed by atoms with Gasteiger partial charge in [0.15, 0.2) is 0 Å². The third kappa shape index (κ3) is 0.619. The van der Waals surface area contributed by atoms with Crippen LogP contribution in [0.4, 0.5) is 0 Å². The van der Waals surface area contributed by atoms with Crippen LogP contribution in [0.5, 0.6) is 0 Å². The molecule has 2 atom stereocenters. The number of hydrogen-bond acceptors (Lipinski definition) is 1. The normalized spacial score (nSPS) is 48.9. The second-order valence-electron chi connectivity index (χ2n) is 4.56. The maximum atomic E-state index is 8.93. The Bertz CT molecular complexity index is 160. The second-order valence-corrected chi connectivity index (χ2v) is 4.56. The van der Waals surface area contributed by atoms with Gasteiger partial charge in [0.1, 0.15) is 0 Å². The van der Waals surface area contributed by atoms with Crippen LogP contribution in [-0.2, 0) is 0 Å². The van der Waals surface area contributed by atoms with Crippen molar-refractivity contribution in [2.75, 3.05) is 6.61 Å². The van der Waals surface area contributed by atoms with Crippen molar-refractivity contribution in [1.82, 2.24) is 0 Å². The molecule has 0 aliphatic heterocycles. The molecule has 2 aliphatic rings. The fourth-order valence-corrected chi connectivity index (χ4v) is 2.22. The maximum Gasteiger partial charge on any atom is 0.0464 e. The van der Waals surface area contributed by atoms with Gasteiger partial charge in [-0.25, -0.2) is 0 Å². The lowest BCUT2D eigenvalue weighted by Gasteiger charge is -2.18. The average molecular weight is 140 g/mol. The van der Waals surface area contributed by atoms with Crippen LogP contribution in [-0.4, -0.2) is 11.7 Å². The lowest BCUT2D eigenvalue weighted by Crippen LogP contribution is -2.13. The minimum atomic E-state index is 0.409. The van der Waals surface area contributed by atoms with Gasteiger partial charge in [-0.3, -0.25) is 0 Å². The summed E-state index contributed by atoms with van der Waals surface area (Å²) < 4.78 is 0. The second kappa shape index (κ2) is 1.58. The van der Waals surface area contributed by atoms with E-state index < -0.39 is 0 Å². The fourth-order valence-electron chi connectivity index (χ4n) is 2.22. The zero-order chi connectivity index (χ0) is 7.41. The molecule has 0 spiro atoms. The van der Waals surface area contributed by atoms with E-state index in [0.29, 0.717) is 23.4 Å². The predicted molar refractivity (Wildman–Crippen MR) is 40.6 cm³/mol. The van der Waals surface area contributed by atoms with Crippen LogP contribution in [0.2, 0.25) is 0 Å². The maximum absolute atomic E-state index is 8.93. The van der Waals surface area contributed by atoms with E-state index in [2.05, 4.69) is 13.8 Å². The number of rotatable bonds is 2. The molecule has 0 bridgehead atoms. The standard InChI is InChI=1S/C9H16O/c1-8(3-4-8)9(2)5-7(9)6-10/h7,10H,3-6H2,1-2H3. The number of hydrogen-bond donors (Lipinski definition) is 1. The average Bonchev–Trinajstić information content (AvgIpc) is 2.73. The Morgan fingerprint density at radius 1 is 1.40 bits per heavy atom. The third-order valence-electron chi connectivity index (χ3n) is 4.01. The molecule has 1 nitrogen and oxygen atoms in total. The van der Waals surface area contributed by atoms with E-state index in [1.54, 1.807) is 0 Å². The van der Waals surface area contributed by atoms with E-state index in [-0.39, 0.29) is 0 Å². The summed E-state index contributed by atoms with van der Waals surface area (Å²) in [6.45, 7) is 5.11. The van der Waals surface area contributed by atoms with Gasteiger partial charge >= 0.3 is 0 Å². The van der Waals surface area contributed by atoms with E-state index in [9.17, 15) is 0 Å². The highest BCUT2D eigenvalue weighted by Gasteiger charge is 2.65. The molecule has 2 unspecified atom stereocenters. The highest BCUT2D eigenvalue weighted by molar-refractivity contribution is 5.14. The number of aliphatic hydroxyl groups is 1. The summed E-state index contributed by atoms with van der Waals surface area (Å²) >= 11 is 0. The number of aliphatic hydroxyl groups excluding tert-OH is 1. The smallest absolute Gasteiger partial charge is 0.0464 e. The van der Waals surface area contributed by atoms with Crippen molar-refractivity contribution in [1.29, 1.82) is 0 Å². The molecule has 2 rings (SSSR count). The largest absolute Gasteiger partial charge is 0.396 e. The van der Waals surface area contributed by atoms with Crippen molar-refractivity contribution in [3.63, 3.8) is 0 Å². The van der Waals surface area contributed by atoms with Crippen molar-refractivity contribution in [3.05, 3.63) is 0 Å². The highest BCUT2D eigenvalue weighted by atomic mass is 16.3. The van der Waals surface area contributed by atoms with E-state index in [1.165, 1.54) is 19.3 Å². The molecule has 1 heteroatoms. The first kappa shape index (κ1) is 6.66. The monoisotopic (exact) mass is 140 g/mol. The Hall–Kier alpha value is -0.0400. The molecule has 1 N–H and O–H groups in total. The van der Waals surface area contributed by atoms with Gasteiger partial charge in [0.2, 0.25) is 0 Å². The molecule has 0 saturated heterocycles. The van der Waals surface area contributed by atoms with Crippen molar-refractivity contribution in [2.24, 2.45) is 16.7 Å². The minimum Gasteiger partial charge on any atom is -0.396 e. The molecule has 0 heterocycles. The summed E-state index contributed by atoms with van der Waals surface area (Å²) in [5, 5.41) is 8.93. The molecule has 0 amide bonds. The Kier molecular flexibility index (Phi) is 1.05. The summed E-state index contributed by atoms with van der Waals surface area (Å²) in [6, 6.07) is 0. The van der Waals surface area contributed by atoms with Crippen LogP contribution in [0.25, 0.3) is 0 Å². The van der Waals surface area contributed by atoms with Gasteiger partial charge in [0, 0.05) is 6.61 Å². The molecule has 0 aromatic rings. The van der Waals surface area contributed by atoms with E-state index in [1.807, 2.05) is 0 Å².